The van der Waals surface area contributed by atoms with E-state index in [1.807, 2.05) is 6.92 Å². The van der Waals surface area contributed by atoms with Crippen LogP contribution in [0.5, 0.6) is 11.5 Å². The van der Waals surface area contributed by atoms with Crippen LogP contribution in [0.15, 0.2) is 18.2 Å². The molecular weight excluding hydrogens is 248 g/mol. The van der Waals surface area contributed by atoms with Crippen LogP contribution in [0.3, 0.4) is 0 Å². The molecule has 100 valence electrons. The average molecular weight is 262 g/mol. The first-order valence-electron chi connectivity index (χ1n) is 5.59. The van der Waals surface area contributed by atoms with E-state index >= 15 is 0 Å². The zero-order chi connectivity index (χ0) is 14.0. The number of hydrogen-bond acceptors (Lipinski definition) is 5. The largest absolute Gasteiger partial charge is 0.496 e. The maximum atomic E-state index is 11.8. The lowest BCUT2D eigenvalue weighted by Gasteiger charge is -2.13. The number of benzene rings is 1. The summed E-state index contributed by atoms with van der Waals surface area (Å²) in [7, 11) is 2.96. The Labute approximate surface area is 109 Å². The molecule has 2 rings (SSSR count). The van der Waals surface area contributed by atoms with E-state index in [0.29, 0.717) is 22.4 Å². The van der Waals surface area contributed by atoms with Gasteiger partial charge in [0.2, 0.25) is 0 Å². The third-order valence-electron chi connectivity index (χ3n) is 2.80. The number of carbonyl (C=O) groups excluding carboxylic acids is 1. The van der Waals surface area contributed by atoms with Crippen molar-refractivity contribution in [2.75, 3.05) is 14.2 Å². The predicted molar refractivity (Wildman–Crippen MR) is 68.8 cm³/mol. The number of carbonyl (C=O) groups is 1. The van der Waals surface area contributed by atoms with Crippen molar-refractivity contribution in [3.63, 3.8) is 0 Å². The van der Waals surface area contributed by atoms with Gasteiger partial charge < -0.3 is 9.47 Å². The van der Waals surface area contributed by atoms with E-state index in [1.165, 1.54) is 14.2 Å². The number of aromatic nitrogens is 1. The first-order valence-corrected chi connectivity index (χ1v) is 5.59. The maximum Gasteiger partial charge on any atom is 0.279 e. The number of aryl methyl sites for hydroxylation is 1. The molecule has 1 amide bonds. The van der Waals surface area contributed by atoms with Crippen LogP contribution in [-0.4, -0.2) is 30.3 Å². The topological polar surface area (TPSA) is 80.7 Å². The van der Waals surface area contributed by atoms with Crippen molar-refractivity contribution < 1.29 is 19.5 Å². The number of fused-ring (bicyclic) bond motifs is 1. The molecule has 0 saturated heterocycles. The van der Waals surface area contributed by atoms with Crippen molar-refractivity contribution in [1.82, 2.24) is 10.5 Å². The third-order valence-corrected chi connectivity index (χ3v) is 2.80. The molecule has 0 radical (unpaired) electrons. The minimum absolute atomic E-state index is 0.187. The summed E-state index contributed by atoms with van der Waals surface area (Å²) in [5.74, 6) is 0.161. The summed E-state index contributed by atoms with van der Waals surface area (Å²) in [6, 6.07) is 5.08. The number of amides is 1. The molecule has 2 aromatic rings. The van der Waals surface area contributed by atoms with Crippen molar-refractivity contribution in [3.8, 4) is 11.5 Å². The number of rotatable bonds is 3. The van der Waals surface area contributed by atoms with Gasteiger partial charge in [0.05, 0.1) is 30.7 Å². The number of nitrogens with one attached hydrogen (secondary N) is 1. The Morgan fingerprint density at radius 2 is 1.95 bits per heavy atom. The van der Waals surface area contributed by atoms with Crippen molar-refractivity contribution >= 4 is 16.8 Å². The van der Waals surface area contributed by atoms with E-state index in [9.17, 15) is 4.79 Å². The lowest BCUT2D eigenvalue weighted by molar-refractivity contribution is 0.0705. The zero-order valence-corrected chi connectivity index (χ0v) is 10.9. The Morgan fingerprint density at radius 3 is 2.53 bits per heavy atom. The Hall–Kier alpha value is -2.34. The van der Waals surface area contributed by atoms with Crippen molar-refractivity contribution in [2.24, 2.45) is 0 Å². The Bertz CT molecular complexity index is 640. The molecule has 0 unspecified atom stereocenters. The average Bonchev–Trinajstić information content (AvgIpc) is 2.44. The number of methoxy groups -OCH3 is 2. The van der Waals surface area contributed by atoms with Gasteiger partial charge in [0.15, 0.2) is 0 Å². The van der Waals surface area contributed by atoms with Gasteiger partial charge in [-0.2, -0.15) is 0 Å². The summed E-state index contributed by atoms with van der Waals surface area (Å²) >= 11 is 0. The second-order valence-electron chi connectivity index (χ2n) is 3.94. The molecule has 6 heteroatoms. The minimum atomic E-state index is -0.675. The summed E-state index contributed by atoms with van der Waals surface area (Å²) in [6.45, 7) is 1.83. The highest BCUT2D eigenvalue weighted by atomic mass is 16.5. The molecule has 0 aliphatic rings. The van der Waals surface area contributed by atoms with Crippen LogP contribution in [0.2, 0.25) is 0 Å². The molecule has 0 bridgehead atoms. The Morgan fingerprint density at radius 1 is 1.26 bits per heavy atom. The molecule has 1 heterocycles. The van der Waals surface area contributed by atoms with Gasteiger partial charge >= 0.3 is 0 Å². The smallest absolute Gasteiger partial charge is 0.279 e. The molecule has 2 N–H and O–H groups in total. The summed E-state index contributed by atoms with van der Waals surface area (Å²) in [4.78, 5) is 16.2. The lowest BCUT2D eigenvalue weighted by atomic mass is 10.0. The van der Waals surface area contributed by atoms with E-state index in [0.717, 1.165) is 5.69 Å². The highest BCUT2D eigenvalue weighted by Crippen LogP contribution is 2.34. The number of nitrogens with zero attached hydrogens (tertiary/aromatic N) is 1. The molecule has 0 saturated carbocycles. The first-order chi connectivity index (χ1) is 9.12. The van der Waals surface area contributed by atoms with Gasteiger partial charge in [-0.15, -0.1) is 0 Å². The fraction of sp³-hybridized carbons (Fsp3) is 0.231. The summed E-state index contributed by atoms with van der Waals surface area (Å²) in [5.41, 5.74) is 3.16. The van der Waals surface area contributed by atoms with E-state index in [-0.39, 0.29) is 5.56 Å². The number of hydroxylamine groups is 1. The van der Waals surface area contributed by atoms with Crippen LogP contribution in [-0.2, 0) is 0 Å². The second-order valence-corrected chi connectivity index (χ2v) is 3.94. The van der Waals surface area contributed by atoms with Crippen LogP contribution in [0.4, 0.5) is 0 Å². The summed E-state index contributed by atoms with van der Waals surface area (Å²) < 4.78 is 10.4. The molecule has 1 aromatic carbocycles. The highest BCUT2D eigenvalue weighted by molar-refractivity contribution is 6.10. The molecule has 0 spiro atoms. The van der Waals surface area contributed by atoms with Gasteiger partial charge in [-0.3, -0.25) is 15.0 Å². The molecule has 6 nitrogen and oxygen atoms in total. The maximum absolute atomic E-state index is 11.8. The van der Waals surface area contributed by atoms with Crippen LogP contribution in [0.25, 0.3) is 10.9 Å². The minimum Gasteiger partial charge on any atom is -0.496 e. The van der Waals surface area contributed by atoms with Crippen molar-refractivity contribution in [1.29, 1.82) is 0 Å². The SMILES string of the molecule is COc1ccc2nc(C)cc(OC)c2c1C(=O)NO. The molecule has 0 aliphatic heterocycles. The summed E-state index contributed by atoms with van der Waals surface area (Å²) in [5, 5.41) is 9.37. The molecule has 1 aromatic heterocycles. The molecule has 0 atom stereocenters. The molecule has 19 heavy (non-hydrogen) atoms. The number of hydrogen-bond donors (Lipinski definition) is 2. The lowest BCUT2D eigenvalue weighted by Crippen LogP contribution is -2.20. The number of ether oxygens (including phenoxy) is 2. The quantitative estimate of drug-likeness (QED) is 0.649. The van der Waals surface area contributed by atoms with Crippen molar-refractivity contribution in [3.05, 3.63) is 29.5 Å². The van der Waals surface area contributed by atoms with Crippen LogP contribution < -0.4 is 15.0 Å². The zero-order valence-electron chi connectivity index (χ0n) is 10.9. The first kappa shape index (κ1) is 13.1. The highest BCUT2D eigenvalue weighted by Gasteiger charge is 2.20. The third kappa shape index (κ3) is 2.17. The fourth-order valence-corrected chi connectivity index (χ4v) is 2.01. The monoisotopic (exact) mass is 262 g/mol. The molecular formula is C13H14N2O4. The fourth-order valence-electron chi connectivity index (χ4n) is 2.01. The molecule has 0 fully saturated rings. The van der Waals surface area contributed by atoms with Crippen molar-refractivity contribution in [2.45, 2.75) is 6.92 Å². The van der Waals surface area contributed by atoms with Crippen LogP contribution in [0, 0.1) is 6.92 Å². The van der Waals surface area contributed by atoms with Gasteiger partial charge in [-0.25, -0.2) is 5.48 Å². The predicted octanol–water partition coefficient (Wildman–Crippen LogP) is 1.68. The van der Waals surface area contributed by atoms with E-state index in [4.69, 9.17) is 14.7 Å². The normalized spacial score (nSPS) is 10.3. The van der Waals surface area contributed by atoms with E-state index in [1.54, 1.807) is 23.7 Å². The van der Waals surface area contributed by atoms with Gasteiger partial charge in [-0.05, 0) is 19.1 Å². The Kier molecular flexibility index (Phi) is 3.52. The number of pyridine rings is 1. The van der Waals surface area contributed by atoms with Crippen LogP contribution in [0.1, 0.15) is 16.1 Å². The van der Waals surface area contributed by atoms with E-state index < -0.39 is 5.91 Å². The van der Waals surface area contributed by atoms with Gasteiger partial charge in [-0.1, -0.05) is 0 Å². The van der Waals surface area contributed by atoms with Gasteiger partial charge in [0.1, 0.15) is 11.5 Å². The molecule has 0 aliphatic carbocycles. The Balaban J connectivity index is 2.90. The second kappa shape index (κ2) is 5.11. The summed E-state index contributed by atoms with van der Waals surface area (Å²) in [6.07, 6.45) is 0. The van der Waals surface area contributed by atoms with Crippen LogP contribution >= 0.6 is 0 Å². The van der Waals surface area contributed by atoms with Gasteiger partial charge in [0, 0.05) is 11.8 Å². The van der Waals surface area contributed by atoms with E-state index in [2.05, 4.69) is 4.98 Å². The van der Waals surface area contributed by atoms with Gasteiger partial charge in [0.25, 0.3) is 5.91 Å². The standard InChI is InChI=1S/C13H14N2O4/c1-7-6-10(19-3)11-8(14-7)4-5-9(18-2)12(11)13(16)15-17/h4-6,17H,1-3H3,(H,15,16).